The molecule has 2 fully saturated rings. The van der Waals surface area contributed by atoms with Crippen molar-refractivity contribution in [1.82, 2.24) is 15.1 Å². The largest absolute Gasteiger partial charge is 0.392 e. The van der Waals surface area contributed by atoms with Crippen molar-refractivity contribution in [1.29, 1.82) is 0 Å². The van der Waals surface area contributed by atoms with Gasteiger partial charge >= 0.3 is 0 Å². The van der Waals surface area contributed by atoms with Gasteiger partial charge in [-0.05, 0) is 32.7 Å². The Hall–Kier alpha value is -0.0700. The summed E-state index contributed by atoms with van der Waals surface area (Å²) in [7, 11) is 0. The molecule has 0 aromatic rings. The van der Waals surface area contributed by atoms with Gasteiger partial charge in [0.1, 0.15) is 0 Å². The molecular formula is C14H29Cl2N3O2. The Morgan fingerprint density at radius 3 is 2.62 bits per heavy atom. The number of halogens is 2. The van der Waals surface area contributed by atoms with Crippen LogP contribution in [-0.4, -0.2) is 71.7 Å². The van der Waals surface area contributed by atoms with Crippen LogP contribution in [0.5, 0.6) is 0 Å². The molecular weight excluding hydrogens is 313 g/mol. The summed E-state index contributed by atoms with van der Waals surface area (Å²) in [5.41, 5.74) is 0. The Kier molecular flexibility index (Phi) is 9.81. The van der Waals surface area contributed by atoms with Gasteiger partial charge in [0, 0.05) is 32.2 Å². The molecule has 126 valence electrons. The van der Waals surface area contributed by atoms with Crippen molar-refractivity contribution in [3.63, 3.8) is 0 Å². The number of nitrogens with one attached hydrogen (secondary N) is 1. The summed E-state index contributed by atoms with van der Waals surface area (Å²) in [6.07, 6.45) is 2.81. The lowest BCUT2D eigenvalue weighted by molar-refractivity contribution is -0.136. The van der Waals surface area contributed by atoms with E-state index in [0.717, 1.165) is 45.4 Å². The Morgan fingerprint density at radius 2 is 2.10 bits per heavy atom. The molecule has 2 saturated heterocycles. The van der Waals surface area contributed by atoms with E-state index in [1.807, 2.05) is 11.8 Å². The predicted octanol–water partition coefficient (Wildman–Crippen LogP) is 0.886. The molecule has 2 aliphatic heterocycles. The number of amides is 1. The van der Waals surface area contributed by atoms with E-state index in [1.54, 1.807) is 0 Å². The number of carbonyl (C=O) groups excluding carboxylic acids is 1. The van der Waals surface area contributed by atoms with Crippen LogP contribution in [0.25, 0.3) is 0 Å². The number of hydrogen-bond acceptors (Lipinski definition) is 4. The van der Waals surface area contributed by atoms with Crippen molar-refractivity contribution < 1.29 is 9.90 Å². The minimum Gasteiger partial charge on any atom is -0.392 e. The summed E-state index contributed by atoms with van der Waals surface area (Å²) >= 11 is 0. The molecule has 0 saturated carbocycles. The standard InChI is InChI=1S/C14H27N3O2.2ClH/c1-3-12-10-17(8-7-16(12)9-11(2)18)14(19)13-5-4-6-15-13;;/h11-13,15,18H,3-10H2,1-2H3;2*1H. The summed E-state index contributed by atoms with van der Waals surface area (Å²) in [5.74, 6) is 0.271. The monoisotopic (exact) mass is 341 g/mol. The van der Waals surface area contributed by atoms with E-state index in [2.05, 4.69) is 17.1 Å². The SMILES string of the molecule is CCC1CN(C(=O)C2CCCN2)CCN1CC(C)O.Cl.Cl. The van der Waals surface area contributed by atoms with Crippen LogP contribution >= 0.6 is 24.8 Å². The number of β-amino-alcohol motifs (C(OH)–C–C–N with tert-alkyl or cyclic N) is 1. The zero-order chi connectivity index (χ0) is 13.8. The van der Waals surface area contributed by atoms with Gasteiger partial charge < -0.3 is 15.3 Å². The fraction of sp³-hybridized carbons (Fsp3) is 0.929. The third-order valence-electron chi connectivity index (χ3n) is 4.24. The van der Waals surface area contributed by atoms with Crippen molar-refractivity contribution in [2.24, 2.45) is 0 Å². The molecule has 2 heterocycles. The van der Waals surface area contributed by atoms with Crippen molar-refractivity contribution in [2.45, 2.75) is 51.3 Å². The summed E-state index contributed by atoms with van der Waals surface area (Å²) in [6, 6.07) is 0.425. The molecule has 7 heteroatoms. The highest BCUT2D eigenvalue weighted by molar-refractivity contribution is 5.85. The smallest absolute Gasteiger partial charge is 0.239 e. The van der Waals surface area contributed by atoms with Gasteiger partial charge in [-0.25, -0.2) is 0 Å². The maximum atomic E-state index is 12.4. The summed E-state index contributed by atoms with van der Waals surface area (Å²) in [6.45, 7) is 8.13. The Labute approximate surface area is 140 Å². The second-order valence-electron chi connectivity index (χ2n) is 5.84. The number of rotatable bonds is 4. The van der Waals surface area contributed by atoms with Crippen LogP contribution < -0.4 is 5.32 Å². The van der Waals surface area contributed by atoms with Crippen LogP contribution in [0.4, 0.5) is 0 Å². The molecule has 0 bridgehead atoms. The van der Waals surface area contributed by atoms with Crippen LogP contribution in [0.1, 0.15) is 33.1 Å². The number of aliphatic hydroxyl groups is 1. The topological polar surface area (TPSA) is 55.8 Å². The molecule has 0 aromatic carbocycles. The van der Waals surface area contributed by atoms with E-state index < -0.39 is 0 Å². The Bertz CT molecular complexity index is 313. The van der Waals surface area contributed by atoms with Gasteiger partial charge in [0.15, 0.2) is 0 Å². The molecule has 1 amide bonds. The van der Waals surface area contributed by atoms with E-state index in [4.69, 9.17) is 0 Å². The van der Waals surface area contributed by atoms with E-state index >= 15 is 0 Å². The summed E-state index contributed by atoms with van der Waals surface area (Å²) in [4.78, 5) is 16.7. The summed E-state index contributed by atoms with van der Waals surface area (Å²) in [5, 5.41) is 12.8. The molecule has 3 atom stereocenters. The van der Waals surface area contributed by atoms with Crippen molar-refractivity contribution in [3.8, 4) is 0 Å². The first kappa shape index (κ1) is 20.9. The molecule has 0 aromatic heterocycles. The van der Waals surface area contributed by atoms with Gasteiger partial charge in [0.25, 0.3) is 0 Å². The van der Waals surface area contributed by atoms with Gasteiger partial charge in [-0.1, -0.05) is 6.92 Å². The van der Waals surface area contributed by atoms with E-state index in [0.29, 0.717) is 12.6 Å². The maximum Gasteiger partial charge on any atom is 0.239 e. The molecule has 2 rings (SSSR count). The van der Waals surface area contributed by atoms with Crippen LogP contribution in [0, 0.1) is 0 Å². The fourth-order valence-corrected chi connectivity index (χ4v) is 3.18. The van der Waals surface area contributed by atoms with Gasteiger partial charge in [-0.3, -0.25) is 9.69 Å². The zero-order valence-electron chi connectivity index (χ0n) is 13.0. The first-order valence-corrected chi connectivity index (χ1v) is 7.56. The molecule has 21 heavy (non-hydrogen) atoms. The predicted molar refractivity (Wildman–Crippen MR) is 89.4 cm³/mol. The fourth-order valence-electron chi connectivity index (χ4n) is 3.18. The Morgan fingerprint density at radius 1 is 1.38 bits per heavy atom. The molecule has 0 spiro atoms. The minimum absolute atomic E-state index is 0. The quantitative estimate of drug-likeness (QED) is 0.797. The van der Waals surface area contributed by atoms with Gasteiger partial charge in [-0.15, -0.1) is 24.8 Å². The minimum atomic E-state index is -0.298. The summed E-state index contributed by atoms with van der Waals surface area (Å²) < 4.78 is 0. The molecule has 5 nitrogen and oxygen atoms in total. The highest BCUT2D eigenvalue weighted by Crippen LogP contribution is 2.16. The average molecular weight is 342 g/mol. The average Bonchev–Trinajstić information content (AvgIpc) is 2.91. The molecule has 0 radical (unpaired) electrons. The first-order valence-electron chi connectivity index (χ1n) is 7.56. The molecule has 2 N–H and O–H groups in total. The number of hydrogen-bond donors (Lipinski definition) is 2. The van der Waals surface area contributed by atoms with Crippen LogP contribution in [0.3, 0.4) is 0 Å². The van der Waals surface area contributed by atoms with E-state index in [1.165, 1.54) is 0 Å². The second kappa shape index (κ2) is 9.85. The highest BCUT2D eigenvalue weighted by atomic mass is 35.5. The van der Waals surface area contributed by atoms with Crippen molar-refractivity contribution >= 4 is 30.7 Å². The lowest BCUT2D eigenvalue weighted by Gasteiger charge is -2.42. The third kappa shape index (κ3) is 5.57. The highest BCUT2D eigenvalue weighted by Gasteiger charge is 2.33. The van der Waals surface area contributed by atoms with Crippen LogP contribution in [0.15, 0.2) is 0 Å². The normalized spacial score (nSPS) is 27.7. The van der Waals surface area contributed by atoms with Crippen molar-refractivity contribution in [2.75, 3.05) is 32.7 Å². The maximum absolute atomic E-state index is 12.4. The Balaban J connectivity index is 0.00000200. The number of nitrogens with zero attached hydrogens (tertiary/aromatic N) is 2. The molecule has 2 aliphatic rings. The lowest BCUT2D eigenvalue weighted by atomic mass is 10.1. The lowest BCUT2D eigenvalue weighted by Crippen LogP contribution is -2.58. The number of piperazine rings is 1. The third-order valence-corrected chi connectivity index (χ3v) is 4.24. The second-order valence-corrected chi connectivity index (χ2v) is 5.84. The van der Waals surface area contributed by atoms with Gasteiger partial charge in [-0.2, -0.15) is 0 Å². The van der Waals surface area contributed by atoms with E-state index in [-0.39, 0.29) is 42.9 Å². The van der Waals surface area contributed by atoms with E-state index in [9.17, 15) is 9.90 Å². The molecule has 0 aliphatic carbocycles. The zero-order valence-corrected chi connectivity index (χ0v) is 14.6. The first-order chi connectivity index (χ1) is 9.11. The number of carbonyl (C=O) groups is 1. The van der Waals surface area contributed by atoms with Crippen LogP contribution in [-0.2, 0) is 4.79 Å². The number of aliphatic hydroxyl groups excluding tert-OH is 1. The molecule has 3 unspecified atom stereocenters. The van der Waals surface area contributed by atoms with Crippen molar-refractivity contribution in [3.05, 3.63) is 0 Å². The van der Waals surface area contributed by atoms with Crippen LogP contribution in [0.2, 0.25) is 0 Å². The van der Waals surface area contributed by atoms with Gasteiger partial charge in [0.05, 0.1) is 12.1 Å². The van der Waals surface area contributed by atoms with Gasteiger partial charge in [0.2, 0.25) is 5.91 Å².